The Hall–Kier alpha value is -2.70. The second-order valence-corrected chi connectivity index (χ2v) is 11.3. The Morgan fingerprint density at radius 3 is 2.88 bits per heavy atom. The Kier molecular flexibility index (Phi) is 7.39. The number of rotatable bonds is 8. The van der Waals surface area contributed by atoms with Crippen LogP contribution >= 0.6 is 23.1 Å². The minimum Gasteiger partial charge on any atom is -0.316 e. The fourth-order valence-electron chi connectivity index (χ4n) is 4.43. The summed E-state index contributed by atoms with van der Waals surface area (Å²) in [6, 6.07) is 6.15. The molecule has 0 spiro atoms. The molecule has 1 atom stereocenters. The summed E-state index contributed by atoms with van der Waals surface area (Å²) in [5, 5.41) is 22.8. The maximum absolute atomic E-state index is 12.8. The minimum atomic E-state index is -0.140. The van der Waals surface area contributed by atoms with Gasteiger partial charge in [-0.05, 0) is 55.2 Å². The van der Waals surface area contributed by atoms with E-state index >= 15 is 0 Å². The lowest BCUT2D eigenvalue weighted by Gasteiger charge is -2.36. The number of aromatic nitrogens is 4. The van der Waals surface area contributed by atoms with Gasteiger partial charge < -0.3 is 9.88 Å². The quantitative estimate of drug-likeness (QED) is 0.412. The molecule has 0 saturated heterocycles. The minimum absolute atomic E-state index is 0.140. The molecule has 4 rings (SSSR count). The lowest BCUT2D eigenvalue weighted by atomic mass is 9.69. The zero-order valence-corrected chi connectivity index (χ0v) is 21.7. The number of hydrogen-bond acceptors (Lipinski definition) is 7. The molecule has 3 aromatic rings. The number of carbonyl (C=O) groups is 1. The first-order valence-electron chi connectivity index (χ1n) is 11.7. The van der Waals surface area contributed by atoms with Crippen molar-refractivity contribution in [2.45, 2.75) is 65.1 Å². The largest absolute Gasteiger partial charge is 0.316 e. The van der Waals surface area contributed by atoms with E-state index in [1.807, 2.05) is 23.6 Å². The van der Waals surface area contributed by atoms with Gasteiger partial charge >= 0.3 is 0 Å². The molecule has 1 aliphatic rings. The number of nitrogens with zero attached hydrogens (tertiary/aromatic N) is 5. The summed E-state index contributed by atoms with van der Waals surface area (Å²) in [6.45, 7) is 9.61. The maximum atomic E-state index is 12.8. The third kappa shape index (κ3) is 4.89. The van der Waals surface area contributed by atoms with Crippen LogP contribution in [0.2, 0.25) is 0 Å². The van der Waals surface area contributed by atoms with Crippen molar-refractivity contribution in [2.75, 3.05) is 11.1 Å². The van der Waals surface area contributed by atoms with Crippen LogP contribution in [0.15, 0.2) is 29.7 Å². The highest BCUT2D eigenvalue weighted by atomic mass is 32.2. The van der Waals surface area contributed by atoms with Crippen LogP contribution in [0.1, 0.15) is 56.5 Å². The van der Waals surface area contributed by atoms with Gasteiger partial charge in [-0.25, -0.2) is 0 Å². The zero-order chi connectivity index (χ0) is 24.3. The summed E-state index contributed by atoms with van der Waals surface area (Å²) in [6.07, 6.45) is 7.59. The molecule has 0 fully saturated rings. The Labute approximate surface area is 209 Å². The van der Waals surface area contributed by atoms with Gasteiger partial charge in [-0.3, -0.25) is 9.78 Å². The van der Waals surface area contributed by atoms with Gasteiger partial charge in [-0.15, -0.1) is 21.5 Å². The SMILES string of the molecule is CCn1c(SCC(=O)Nc2sc3c(c2C#N)CCC(C(C)(C)CC)C3)nnc1-c1cccnc1. The van der Waals surface area contributed by atoms with E-state index in [9.17, 15) is 10.1 Å². The molecule has 1 N–H and O–H groups in total. The molecule has 1 unspecified atom stereocenters. The predicted octanol–water partition coefficient (Wildman–Crippen LogP) is 5.57. The molecule has 0 aliphatic heterocycles. The molecule has 178 valence electrons. The zero-order valence-electron chi connectivity index (χ0n) is 20.1. The smallest absolute Gasteiger partial charge is 0.235 e. The van der Waals surface area contributed by atoms with E-state index in [2.05, 4.69) is 47.3 Å². The van der Waals surface area contributed by atoms with Crippen LogP contribution in [0.5, 0.6) is 0 Å². The lowest BCUT2D eigenvalue weighted by Crippen LogP contribution is -2.28. The second kappa shape index (κ2) is 10.3. The van der Waals surface area contributed by atoms with E-state index in [0.29, 0.717) is 28.2 Å². The Bertz CT molecular complexity index is 1210. The molecule has 9 heteroatoms. The summed E-state index contributed by atoms with van der Waals surface area (Å²) < 4.78 is 1.98. The molecule has 0 aromatic carbocycles. The fraction of sp³-hybridized carbons (Fsp3) is 0.480. The molecular formula is C25H30N6OS2. The van der Waals surface area contributed by atoms with E-state index in [-0.39, 0.29) is 17.1 Å². The first-order valence-corrected chi connectivity index (χ1v) is 13.5. The topological polar surface area (TPSA) is 96.5 Å². The fourth-order valence-corrected chi connectivity index (χ4v) is 6.53. The average molecular weight is 495 g/mol. The number of fused-ring (bicyclic) bond motifs is 1. The van der Waals surface area contributed by atoms with Crippen LogP contribution in [-0.4, -0.2) is 31.4 Å². The van der Waals surface area contributed by atoms with Crippen molar-refractivity contribution >= 4 is 34.0 Å². The maximum Gasteiger partial charge on any atom is 0.235 e. The van der Waals surface area contributed by atoms with Crippen molar-refractivity contribution in [3.8, 4) is 17.5 Å². The van der Waals surface area contributed by atoms with E-state index in [1.54, 1.807) is 23.7 Å². The van der Waals surface area contributed by atoms with E-state index < -0.39 is 0 Å². The van der Waals surface area contributed by atoms with Gasteiger partial charge in [0.15, 0.2) is 11.0 Å². The third-order valence-electron chi connectivity index (χ3n) is 6.93. The molecule has 1 amide bonds. The summed E-state index contributed by atoms with van der Waals surface area (Å²) in [5.41, 5.74) is 2.94. The van der Waals surface area contributed by atoms with Gasteiger partial charge in [0, 0.05) is 29.4 Å². The number of nitriles is 1. The molecule has 7 nitrogen and oxygen atoms in total. The van der Waals surface area contributed by atoms with Crippen molar-refractivity contribution in [1.29, 1.82) is 5.26 Å². The number of carbonyl (C=O) groups excluding carboxylic acids is 1. The molecular weight excluding hydrogens is 464 g/mol. The van der Waals surface area contributed by atoms with Gasteiger partial charge in [-0.2, -0.15) is 5.26 Å². The number of anilines is 1. The molecule has 3 heterocycles. The summed E-state index contributed by atoms with van der Waals surface area (Å²) in [4.78, 5) is 18.2. The monoisotopic (exact) mass is 494 g/mol. The number of hydrogen-bond donors (Lipinski definition) is 1. The first kappa shape index (κ1) is 24.4. The first-order chi connectivity index (χ1) is 16.4. The normalized spacial score (nSPS) is 15.6. The Balaban J connectivity index is 1.45. The van der Waals surface area contributed by atoms with Gasteiger partial charge in [0.05, 0.1) is 11.3 Å². The van der Waals surface area contributed by atoms with Gasteiger partial charge in [0.2, 0.25) is 5.91 Å². The summed E-state index contributed by atoms with van der Waals surface area (Å²) >= 11 is 2.92. The molecule has 1 aliphatic carbocycles. The molecule has 0 radical (unpaired) electrons. The molecule has 34 heavy (non-hydrogen) atoms. The number of thiophene rings is 1. The summed E-state index contributed by atoms with van der Waals surface area (Å²) in [7, 11) is 0. The van der Waals surface area contributed by atoms with E-state index in [4.69, 9.17) is 0 Å². The van der Waals surface area contributed by atoms with Crippen molar-refractivity contribution in [3.63, 3.8) is 0 Å². The van der Waals surface area contributed by atoms with Crippen LogP contribution in [0.25, 0.3) is 11.4 Å². The van der Waals surface area contributed by atoms with E-state index in [1.165, 1.54) is 16.6 Å². The Morgan fingerprint density at radius 2 is 2.21 bits per heavy atom. The molecule has 0 bridgehead atoms. The van der Waals surface area contributed by atoms with Gasteiger partial charge in [0.25, 0.3) is 0 Å². The number of thioether (sulfide) groups is 1. The van der Waals surface area contributed by atoms with Crippen molar-refractivity contribution in [3.05, 3.63) is 40.5 Å². The van der Waals surface area contributed by atoms with Crippen LogP contribution in [0.3, 0.4) is 0 Å². The average Bonchev–Trinajstić information content (AvgIpc) is 3.42. The van der Waals surface area contributed by atoms with Crippen molar-refractivity contribution in [1.82, 2.24) is 19.7 Å². The van der Waals surface area contributed by atoms with Crippen molar-refractivity contribution in [2.24, 2.45) is 11.3 Å². The number of nitrogens with one attached hydrogen (secondary N) is 1. The van der Waals surface area contributed by atoms with Crippen LogP contribution in [0.4, 0.5) is 5.00 Å². The van der Waals surface area contributed by atoms with Crippen LogP contribution < -0.4 is 5.32 Å². The van der Waals surface area contributed by atoms with E-state index in [0.717, 1.165) is 42.6 Å². The predicted molar refractivity (Wildman–Crippen MR) is 137 cm³/mol. The third-order valence-corrected chi connectivity index (χ3v) is 9.07. The van der Waals surface area contributed by atoms with Crippen LogP contribution in [0, 0.1) is 22.7 Å². The van der Waals surface area contributed by atoms with Gasteiger partial charge in [0.1, 0.15) is 11.1 Å². The summed E-state index contributed by atoms with van der Waals surface area (Å²) in [5.74, 6) is 1.40. The molecule has 3 aromatic heterocycles. The van der Waals surface area contributed by atoms with Crippen LogP contribution in [-0.2, 0) is 24.2 Å². The standard InChI is InChI=1S/C25H30N6OS2/c1-5-25(3,4)17-9-10-18-19(13-26)23(34-20(18)12-17)28-21(32)15-33-24-30-29-22(31(24)6-2)16-8-7-11-27-14-16/h7-8,11,14,17H,5-6,9-10,12,15H2,1-4H3,(H,28,32). The highest BCUT2D eigenvalue weighted by Crippen LogP contribution is 2.45. The number of pyridine rings is 1. The highest BCUT2D eigenvalue weighted by Gasteiger charge is 2.34. The molecule has 0 saturated carbocycles. The highest BCUT2D eigenvalue weighted by molar-refractivity contribution is 7.99. The van der Waals surface area contributed by atoms with Crippen molar-refractivity contribution < 1.29 is 4.79 Å². The number of amides is 1. The van der Waals surface area contributed by atoms with Gasteiger partial charge in [-0.1, -0.05) is 39.0 Å². The second-order valence-electron chi connectivity index (χ2n) is 9.23. The lowest BCUT2D eigenvalue weighted by molar-refractivity contribution is -0.113. The Morgan fingerprint density at radius 1 is 1.38 bits per heavy atom.